The van der Waals surface area contributed by atoms with Gasteiger partial charge < -0.3 is 19.5 Å². The van der Waals surface area contributed by atoms with Gasteiger partial charge in [0, 0.05) is 0 Å². The average molecular weight is 371 g/mol. The lowest BCUT2D eigenvalue weighted by Crippen LogP contribution is -2.39. The Hall–Kier alpha value is -2.69. The molecular formula is C22H29NO4. The van der Waals surface area contributed by atoms with Crippen LogP contribution in [0.25, 0.3) is 0 Å². The normalized spacial score (nSPS) is 12.8. The predicted molar refractivity (Wildman–Crippen MR) is 107 cm³/mol. The lowest BCUT2D eigenvalue weighted by molar-refractivity contribution is -0.128. The Bertz CT molecular complexity index is 788. The Morgan fingerprint density at radius 2 is 1.70 bits per heavy atom. The fraction of sp³-hybridized carbons (Fsp3) is 0.409. The van der Waals surface area contributed by atoms with Gasteiger partial charge in [-0.3, -0.25) is 4.79 Å². The second kappa shape index (κ2) is 9.31. The number of benzene rings is 2. The van der Waals surface area contributed by atoms with Crippen molar-refractivity contribution in [1.82, 2.24) is 5.32 Å². The van der Waals surface area contributed by atoms with Gasteiger partial charge in [0.05, 0.1) is 20.3 Å². The minimum Gasteiger partial charge on any atom is -0.493 e. The molecule has 5 heteroatoms. The van der Waals surface area contributed by atoms with Gasteiger partial charge in [-0.1, -0.05) is 19.1 Å². The molecule has 0 bridgehead atoms. The van der Waals surface area contributed by atoms with Crippen LogP contribution in [0.3, 0.4) is 0 Å². The molecular weight excluding hydrogens is 342 g/mol. The van der Waals surface area contributed by atoms with Crippen LogP contribution < -0.4 is 19.5 Å². The van der Waals surface area contributed by atoms with Gasteiger partial charge in [-0.05, 0) is 68.1 Å². The number of rotatable bonds is 8. The number of hydrogen-bond acceptors (Lipinski definition) is 4. The van der Waals surface area contributed by atoms with E-state index in [-0.39, 0.29) is 11.9 Å². The molecule has 0 aromatic heterocycles. The van der Waals surface area contributed by atoms with Crippen molar-refractivity contribution in [3.05, 3.63) is 53.1 Å². The Kier molecular flexibility index (Phi) is 7.11. The first-order valence-electron chi connectivity index (χ1n) is 9.15. The maximum absolute atomic E-state index is 12.7. The van der Waals surface area contributed by atoms with Crippen LogP contribution >= 0.6 is 0 Å². The minimum absolute atomic E-state index is 0.141. The molecule has 0 aliphatic heterocycles. The molecule has 0 spiro atoms. The first kappa shape index (κ1) is 20.6. The molecule has 146 valence electrons. The molecule has 0 saturated carbocycles. The highest BCUT2D eigenvalue weighted by Crippen LogP contribution is 2.30. The summed E-state index contributed by atoms with van der Waals surface area (Å²) in [4.78, 5) is 12.7. The van der Waals surface area contributed by atoms with Crippen molar-refractivity contribution in [1.29, 1.82) is 0 Å². The topological polar surface area (TPSA) is 56.8 Å². The summed E-state index contributed by atoms with van der Waals surface area (Å²) in [5.41, 5.74) is 3.27. The van der Waals surface area contributed by atoms with Crippen molar-refractivity contribution in [2.24, 2.45) is 0 Å². The summed E-state index contributed by atoms with van der Waals surface area (Å²) < 4.78 is 16.5. The molecule has 0 unspecified atom stereocenters. The monoisotopic (exact) mass is 371 g/mol. The van der Waals surface area contributed by atoms with Crippen molar-refractivity contribution >= 4 is 5.91 Å². The summed E-state index contributed by atoms with van der Waals surface area (Å²) in [6.07, 6.45) is 0.0342. The summed E-state index contributed by atoms with van der Waals surface area (Å²) >= 11 is 0. The molecule has 0 aliphatic carbocycles. The summed E-state index contributed by atoms with van der Waals surface area (Å²) in [6, 6.07) is 11.3. The first-order chi connectivity index (χ1) is 12.9. The Morgan fingerprint density at radius 1 is 1.00 bits per heavy atom. The third kappa shape index (κ3) is 5.16. The van der Waals surface area contributed by atoms with E-state index in [0.29, 0.717) is 23.7 Å². The molecule has 27 heavy (non-hydrogen) atoms. The van der Waals surface area contributed by atoms with E-state index in [2.05, 4.69) is 5.32 Å². The van der Waals surface area contributed by atoms with Gasteiger partial charge in [0.1, 0.15) is 5.75 Å². The fourth-order valence-corrected chi connectivity index (χ4v) is 2.79. The van der Waals surface area contributed by atoms with E-state index < -0.39 is 6.10 Å². The smallest absolute Gasteiger partial charge is 0.261 e. The number of methoxy groups -OCH3 is 2. The molecule has 0 heterocycles. The van der Waals surface area contributed by atoms with Crippen molar-refractivity contribution in [3.8, 4) is 17.2 Å². The van der Waals surface area contributed by atoms with Crippen molar-refractivity contribution in [2.75, 3.05) is 14.2 Å². The predicted octanol–water partition coefficient (Wildman–Crippen LogP) is 4.36. The SMILES string of the molecule is CC[C@H](Oc1ccc(C)c(C)c1)C(=O)N[C@@H](C)c1ccc(OC)c(OC)c1. The van der Waals surface area contributed by atoms with Gasteiger partial charge in [0.25, 0.3) is 5.91 Å². The molecule has 2 aromatic carbocycles. The van der Waals surface area contributed by atoms with Crippen LogP contribution in [0.2, 0.25) is 0 Å². The number of carbonyl (C=O) groups excluding carboxylic acids is 1. The zero-order valence-electron chi connectivity index (χ0n) is 17.0. The zero-order chi connectivity index (χ0) is 20.0. The van der Waals surface area contributed by atoms with Crippen molar-refractivity contribution < 1.29 is 19.0 Å². The fourth-order valence-electron chi connectivity index (χ4n) is 2.79. The van der Waals surface area contributed by atoms with Gasteiger partial charge in [-0.2, -0.15) is 0 Å². The van der Waals surface area contributed by atoms with E-state index >= 15 is 0 Å². The third-order valence-corrected chi connectivity index (χ3v) is 4.69. The second-order valence-corrected chi connectivity index (χ2v) is 6.61. The molecule has 0 radical (unpaired) electrons. The lowest BCUT2D eigenvalue weighted by atomic mass is 10.1. The van der Waals surface area contributed by atoms with Crippen LogP contribution in [-0.2, 0) is 4.79 Å². The van der Waals surface area contributed by atoms with E-state index in [9.17, 15) is 4.79 Å². The molecule has 0 aliphatic rings. The zero-order valence-corrected chi connectivity index (χ0v) is 17.0. The second-order valence-electron chi connectivity index (χ2n) is 6.61. The number of hydrogen-bond donors (Lipinski definition) is 1. The molecule has 0 saturated heterocycles. The Labute approximate surface area is 161 Å². The molecule has 2 aromatic rings. The van der Waals surface area contributed by atoms with Crippen LogP contribution in [0, 0.1) is 13.8 Å². The van der Waals surface area contributed by atoms with Crippen molar-refractivity contribution in [2.45, 2.75) is 46.3 Å². The number of carbonyl (C=O) groups is 1. The maximum Gasteiger partial charge on any atom is 0.261 e. The van der Waals surface area contributed by atoms with Gasteiger partial charge in [0.15, 0.2) is 17.6 Å². The number of nitrogens with one attached hydrogen (secondary N) is 1. The summed E-state index contributed by atoms with van der Waals surface area (Å²) in [6.45, 7) is 7.95. The van der Waals surface area contributed by atoms with E-state index in [4.69, 9.17) is 14.2 Å². The van der Waals surface area contributed by atoms with E-state index in [1.54, 1.807) is 14.2 Å². The summed E-state index contributed by atoms with van der Waals surface area (Å²) in [5.74, 6) is 1.86. The molecule has 0 fully saturated rings. The third-order valence-electron chi connectivity index (χ3n) is 4.69. The quantitative estimate of drug-likeness (QED) is 0.749. The summed E-state index contributed by atoms with van der Waals surface area (Å²) in [5, 5.41) is 3.02. The highest BCUT2D eigenvalue weighted by Gasteiger charge is 2.21. The minimum atomic E-state index is -0.547. The van der Waals surface area contributed by atoms with Gasteiger partial charge >= 0.3 is 0 Å². The number of amides is 1. The highest BCUT2D eigenvalue weighted by molar-refractivity contribution is 5.81. The van der Waals surface area contributed by atoms with Crippen LogP contribution in [0.5, 0.6) is 17.2 Å². The lowest BCUT2D eigenvalue weighted by Gasteiger charge is -2.21. The van der Waals surface area contributed by atoms with Crippen LogP contribution in [-0.4, -0.2) is 26.2 Å². The first-order valence-corrected chi connectivity index (χ1v) is 9.15. The van der Waals surface area contributed by atoms with E-state index in [0.717, 1.165) is 11.1 Å². The standard InChI is InChI=1S/C22H29NO4/c1-7-19(27-18-10-8-14(2)15(3)12-18)22(24)23-16(4)17-9-11-20(25-5)21(13-17)26-6/h8-13,16,19H,7H2,1-6H3,(H,23,24)/t16-,19-/m0/s1. The number of ether oxygens (including phenoxy) is 3. The van der Waals surface area contributed by atoms with E-state index in [1.165, 1.54) is 5.56 Å². The Balaban J connectivity index is 2.07. The summed E-state index contributed by atoms with van der Waals surface area (Å²) in [7, 11) is 3.19. The van der Waals surface area contributed by atoms with Crippen LogP contribution in [0.1, 0.15) is 43.0 Å². The van der Waals surface area contributed by atoms with E-state index in [1.807, 2.05) is 64.1 Å². The largest absolute Gasteiger partial charge is 0.493 e. The van der Waals surface area contributed by atoms with Crippen LogP contribution in [0.4, 0.5) is 0 Å². The molecule has 2 rings (SSSR count). The molecule has 2 atom stereocenters. The molecule has 1 amide bonds. The highest BCUT2D eigenvalue weighted by atomic mass is 16.5. The van der Waals surface area contributed by atoms with Gasteiger partial charge in [0.2, 0.25) is 0 Å². The Morgan fingerprint density at radius 3 is 2.30 bits per heavy atom. The average Bonchev–Trinajstić information content (AvgIpc) is 2.67. The van der Waals surface area contributed by atoms with Gasteiger partial charge in [-0.25, -0.2) is 0 Å². The van der Waals surface area contributed by atoms with Gasteiger partial charge in [-0.15, -0.1) is 0 Å². The van der Waals surface area contributed by atoms with Crippen molar-refractivity contribution in [3.63, 3.8) is 0 Å². The number of aryl methyl sites for hydroxylation is 2. The van der Waals surface area contributed by atoms with Crippen LogP contribution in [0.15, 0.2) is 36.4 Å². The maximum atomic E-state index is 12.7. The molecule has 5 nitrogen and oxygen atoms in total. The molecule has 1 N–H and O–H groups in total.